The summed E-state index contributed by atoms with van der Waals surface area (Å²) in [6.07, 6.45) is 3.51. The lowest BCUT2D eigenvalue weighted by atomic mass is 10.1. The van der Waals surface area contributed by atoms with E-state index in [-0.39, 0.29) is 5.97 Å². The quantitative estimate of drug-likeness (QED) is 0.306. The second-order valence-corrected chi connectivity index (χ2v) is 6.46. The van der Waals surface area contributed by atoms with E-state index in [1.54, 1.807) is 36.7 Å². The topological polar surface area (TPSA) is 76.1 Å². The summed E-state index contributed by atoms with van der Waals surface area (Å²) < 4.78 is 4.70. The fourth-order valence-corrected chi connectivity index (χ4v) is 3.21. The van der Waals surface area contributed by atoms with Crippen molar-refractivity contribution in [2.24, 2.45) is 0 Å². The molecule has 0 radical (unpaired) electrons. The molecule has 0 spiro atoms. The molecule has 2 aromatic heterocycles. The Kier molecular flexibility index (Phi) is 4.82. The molecule has 138 valence electrons. The first-order chi connectivity index (χ1) is 13.7. The maximum atomic E-state index is 11.5. The number of aromatic nitrogens is 2. The van der Waals surface area contributed by atoms with Crippen LogP contribution >= 0.6 is 12.2 Å². The Bertz CT molecular complexity index is 1190. The number of nitrogens with one attached hydrogen (secondary N) is 2. The fourth-order valence-electron chi connectivity index (χ4n) is 2.98. The molecule has 4 rings (SSSR count). The Morgan fingerprint density at radius 2 is 1.68 bits per heavy atom. The van der Waals surface area contributed by atoms with Crippen LogP contribution in [0.4, 0.5) is 11.4 Å². The highest BCUT2D eigenvalue weighted by Gasteiger charge is 2.10. The predicted octanol–water partition coefficient (Wildman–Crippen LogP) is 4.38. The number of esters is 1. The minimum atomic E-state index is -0.380. The molecule has 6 nitrogen and oxygen atoms in total. The molecule has 0 unspecified atom stereocenters. The van der Waals surface area contributed by atoms with Gasteiger partial charge in [-0.3, -0.25) is 9.97 Å². The zero-order valence-electron chi connectivity index (χ0n) is 15.0. The Morgan fingerprint density at radius 1 is 0.964 bits per heavy atom. The third-order valence-corrected chi connectivity index (χ3v) is 4.47. The molecule has 0 fully saturated rings. The zero-order chi connectivity index (χ0) is 19.5. The SMILES string of the molecule is COC(=O)c1ccc(NC(=S)Nc2cc3cccnc3c3cccnc23)cc1. The van der Waals surface area contributed by atoms with Crippen molar-refractivity contribution in [3.05, 3.63) is 72.6 Å². The zero-order valence-corrected chi connectivity index (χ0v) is 15.8. The molecule has 2 heterocycles. The number of rotatable bonds is 3. The number of carbonyl (C=O) groups excluding carboxylic acids is 1. The second-order valence-electron chi connectivity index (χ2n) is 6.05. The van der Waals surface area contributed by atoms with Gasteiger partial charge in [-0.05, 0) is 60.7 Å². The van der Waals surface area contributed by atoms with Gasteiger partial charge in [-0.2, -0.15) is 0 Å². The first kappa shape index (κ1) is 17.8. The van der Waals surface area contributed by atoms with E-state index in [1.165, 1.54) is 7.11 Å². The van der Waals surface area contributed by atoms with Gasteiger partial charge in [0.2, 0.25) is 0 Å². The summed E-state index contributed by atoms with van der Waals surface area (Å²) in [6, 6.07) is 16.6. The number of benzene rings is 2. The van der Waals surface area contributed by atoms with Crippen LogP contribution in [0.15, 0.2) is 67.0 Å². The number of methoxy groups -OCH3 is 1. The smallest absolute Gasteiger partial charge is 0.337 e. The minimum Gasteiger partial charge on any atom is -0.465 e. The molecule has 2 N–H and O–H groups in total. The predicted molar refractivity (Wildman–Crippen MR) is 115 cm³/mol. The van der Waals surface area contributed by atoms with Crippen LogP contribution in [0.5, 0.6) is 0 Å². The van der Waals surface area contributed by atoms with Gasteiger partial charge < -0.3 is 15.4 Å². The van der Waals surface area contributed by atoms with E-state index in [0.717, 1.165) is 33.2 Å². The monoisotopic (exact) mass is 388 g/mol. The maximum Gasteiger partial charge on any atom is 0.337 e. The van der Waals surface area contributed by atoms with Crippen molar-refractivity contribution in [2.75, 3.05) is 17.7 Å². The third kappa shape index (κ3) is 3.47. The molecule has 0 aliphatic heterocycles. The van der Waals surface area contributed by atoms with Gasteiger partial charge in [0.05, 0.1) is 29.4 Å². The number of ether oxygens (including phenoxy) is 1. The second kappa shape index (κ2) is 7.58. The first-order valence-corrected chi connectivity index (χ1v) is 8.95. The highest BCUT2D eigenvalue weighted by atomic mass is 32.1. The van der Waals surface area contributed by atoms with Crippen LogP contribution in [0.3, 0.4) is 0 Å². The summed E-state index contributed by atoms with van der Waals surface area (Å²) in [5.41, 5.74) is 3.71. The van der Waals surface area contributed by atoms with Crippen molar-refractivity contribution in [3.63, 3.8) is 0 Å². The average molecular weight is 388 g/mol. The van der Waals surface area contributed by atoms with E-state index in [0.29, 0.717) is 10.7 Å². The summed E-state index contributed by atoms with van der Waals surface area (Å²) in [4.78, 5) is 20.5. The first-order valence-electron chi connectivity index (χ1n) is 8.54. The van der Waals surface area contributed by atoms with Crippen molar-refractivity contribution in [1.29, 1.82) is 0 Å². The Hall–Kier alpha value is -3.58. The standard InChI is InChI=1S/C21H16N4O2S/c1-27-20(26)13-6-8-15(9-7-13)24-21(28)25-17-12-14-4-2-10-22-18(14)16-5-3-11-23-19(16)17/h2-12H,1H3,(H2,24,25,28). The Labute approximate surface area is 166 Å². The van der Waals surface area contributed by atoms with Crippen LogP contribution in [-0.2, 0) is 4.74 Å². The number of pyridine rings is 2. The molecule has 4 aromatic rings. The largest absolute Gasteiger partial charge is 0.465 e. The summed E-state index contributed by atoms with van der Waals surface area (Å²) >= 11 is 5.45. The highest BCUT2D eigenvalue weighted by molar-refractivity contribution is 7.80. The van der Waals surface area contributed by atoms with E-state index < -0.39 is 0 Å². The number of anilines is 2. The average Bonchev–Trinajstić information content (AvgIpc) is 2.74. The maximum absolute atomic E-state index is 11.5. The van der Waals surface area contributed by atoms with Crippen molar-refractivity contribution in [2.45, 2.75) is 0 Å². The summed E-state index contributed by atoms with van der Waals surface area (Å²) in [5.74, 6) is -0.380. The van der Waals surface area contributed by atoms with Gasteiger partial charge in [0.25, 0.3) is 0 Å². The van der Waals surface area contributed by atoms with E-state index in [2.05, 4.69) is 20.6 Å². The molecule has 28 heavy (non-hydrogen) atoms. The molecule has 0 saturated heterocycles. The molecule has 0 aliphatic carbocycles. The molecule has 0 amide bonds. The number of thiocarbonyl (C=S) groups is 1. The molecule has 0 bridgehead atoms. The van der Waals surface area contributed by atoms with E-state index >= 15 is 0 Å². The summed E-state index contributed by atoms with van der Waals surface area (Å²) in [7, 11) is 1.35. The normalized spacial score (nSPS) is 10.6. The minimum absolute atomic E-state index is 0.380. The van der Waals surface area contributed by atoms with Crippen molar-refractivity contribution in [1.82, 2.24) is 9.97 Å². The van der Waals surface area contributed by atoms with Gasteiger partial charge in [-0.25, -0.2) is 4.79 Å². The van der Waals surface area contributed by atoms with Gasteiger partial charge in [0.1, 0.15) is 0 Å². The Morgan fingerprint density at radius 3 is 2.43 bits per heavy atom. The van der Waals surface area contributed by atoms with Crippen molar-refractivity contribution in [3.8, 4) is 0 Å². The number of nitrogens with zero attached hydrogens (tertiary/aromatic N) is 2. The van der Waals surface area contributed by atoms with E-state index in [1.807, 2.05) is 30.3 Å². The molecular weight excluding hydrogens is 372 g/mol. The lowest BCUT2D eigenvalue weighted by Gasteiger charge is -2.13. The van der Waals surface area contributed by atoms with Crippen LogP contribution in [0.25, 0.3) is 21.8 Å². The summed E-state index contributed by atoms with van der Waals surface area (Å²) in [6.45, 7) is 0. The van der Waals surface area contributed by atoms with E-state index in [4.69, 9.17) is 17.0 Å². The fraction of sp³-hybridized carbons (Fsp3) is 0.0476. The van der Waals surface area contributed by atoms with Gasteiger partial charge in [0.15, 0.2) is 5.11 Å². The van der Waals surface area contributed by atoms with Gasteiger partial charge in [-0.15, -0.1) is 0 Å². The highest BCUT2D eigenvalue weighted by Crippen LogP contribution is 2.29. The molecule has 2 aromatic carbocycles. The van der Waals surface area contributed by atoms with Crippen LogP contribution < -0.4 is 10.6 Å². The molecular formula is C21H16N4O2S. The molecule has 0 aliphatic rings. The molecule has 0 atom stereocenters. The van der Waals surface area contributed by atoms with Crippen LogP contribution in [0.2, 0.25) is 0 Å². The number of hydrogen-bond donors (Lipinski definition) is 2. The van der Waals surface area contributed by atoms with Crippen molar-refractivity contribution < 1.29 is 9.53 Å². The molecule has 0 saturated carbocycles. The molecule has 7 heteroatoms. The van der Waals surface area contributed by atoms with Crippen LogP contribution in [0.1, 0.15) is 10.4 Å². The van der Waals surface area contributed by atoms with Gasteiger partial charge >= 0.3 is 5.97 Å². The lowest BCUT2D eigenvalue weighted by Crippen LogP contribution is -2.19. The van der Waals surface area contributed by atoms with Crippen molar-refractivity contribution >= 4 is 56.5 Å². The van der Waals surface area contributed by atoms with Crippen LogP contribution in [-0.4, -0.2) is 28.2 Å². The van der Waals surface area contributed by atoms with Crippen LogP contribution in [0, 0.1) is 0 Å². The number of hydrogen-bond acceptors (Lipinski definition) is 5. The van der Waals surface area contributed by atoms with Gasteiger partial charge in [-0.1, -0.05) is 6.07 Å². The lowest BCUT2D eigenvalue weighted by molar-refractivity contribution is 0.0601. The van der Waals surface area contributed by atoms with Gasteiger partial charge in [0, 0.05) is 28.9 Å². The number of carbonyl (C=O) groups is 1. The Balaban J connectivity index is 1.60. The third-order valence-electron chi connectivity index (χ3n) is 4.27. The number of fused-ring (bicyclic) bond motifs is 3. The summed E-state index contributed by atoms with van der Waals surface area (Å²) in [5, 5.41) is 8.69. The van der Waals surface area contributed by atoms with E-state index in [9.17, 15) is 4.79 Å².